The summed E-state index contributed by atoms with van der Waals surface area (Å²) >= 11 is 0. The van der Waals surface area contributed by atoms with Gasteiger partial charge in [0.15, 0.2) is 0 Å². The predicted molar refractivity (Wildman–Crippen MR) is 103 cm³/mol. The van der Waals surface area contributed by atoms with Crippen LogP contribution >= 0.6 is 0 Å². The molecule has 1 aliphatic rings. The van der Waals surface area contributed by atoms with Crippen molar-refractivity contribution in [1.82, 2.24) is 0 Å². The van der Waals surface area contributed by atoms with Crippen LogP contribution in [0.15, 0.2) is 48.5 Å². The molecule has 3 rings (SSSR count). The molecule has 1 N–H and O–H groups in total. The number of nitrogens with zero attached hydrogens (tertiary/aromatic N) is 1. The number of ether oxygens (including phenoxy) is 1. The molecular formula is C21H24N2O3. The van der Waals surface area contributed by atoms with Crippen molar-refractivity contribution in [2.24, 2.45) is 0 Å². The van der Waals surface area contributed by atoms with E-state index in [0.29, 0.717) is 19.3 Å². The number of rotatable bonds is 6. The van der Waals surface area contributed by atoms with Crippen LogP contribution in [0.25, 0.3) is 0 Å². The van der Waals surface area contributed by atoms with Gasteiger partial charge in [0.1, 0.15) is 5.75 Å². The zero-order chi connectivity index (χ0) is 18.4. The van der Waals surface area contributed by atoms with Crippen LogP contribution in [0.4, 0.5) is 11.4 Å². The molecule has 2 aromatic rings. The standard InChI is InChI=1S/C21H24N2O3/c1-26-19-11-8-16(9-12-19)10-13-20(24)22-17-5-4-6-18(15-17)23-14-3-2-7-21(23)25/h4-6,8-9,11-12,15H,2-3,7,10,13-14H2,1H3,(H,22,24). The van der Waals surface area contributed by atoms with Crippen LogP contribution in [-0.2, 0) is 16.0 Å². The van der Waals surface area contributed by atoms with Gasteiger partial charge in [-0.05, 0) is 55.2 Å². The van der Waals surface area contributed by atoms with E-state index in [9.17, 15) is 9.59 Å². The van der Waals surface area contributed by atoms with Crippen molar-refractivity contribution in [2.75, 3.05) is 23.9 Å². The van der Waals surface area contributed by atoms with Gasteiger partial charge in [-0.3, -0.25) is 9.59 Å². The summed E-state index contributed by atoms with van der Waals surface area (Å²) in [5, 5.41) is 2.93. The molecule has 2 aromatic carbocycles. The molecule has 1 fully saturated rings. The number of nitrogens with one attached hydrogen (secondary N) is 1. The summed E-state index contributed by atoms with van der Waals surface area (Å²) in [7, 11) is 1.63. The average molecular weight is 352 g/mol. The van der Waals surface area contributed by atoms with E-state index in [-0.39, 0.29) is 11.8 Å². The summed E-state index contributed by atoms with van der Waals surface area (Å²) in [5.74, 6) is 0.921. The fraction of sp³-hybridized carbons (Fsp3) is 0.333. The Morgan fingerprint density at radius 2 is 1.96 bits per heavy atom. The first-order valence-electron chi connectivity index (χ1n) is 8.99. The number of hydrogen-bond acceptors (Lipinski definition) is 3. The van der Waals surface area contributed by atoms with Gasteiger partial charge < -0.3 is 15.0 Å². The Labute approximate surface area is 154 Å². The van der Waals surface area contributed by atoms with E-state index in [1.165, 1.54) is 0 Å². The highest BCUT2D eigenvalue weighted by molar-refractivity contribution is 5.96. The molecule has 26 heavy (non-hydrogen) atoms. The van der Waals surface area contributed by atoms with E-state index in [0.717, 1.165) is 42.1 Å². The van der Waals surface area contributed by atoms with Gasteiger partial charge in [-0.15, -0.1) is 0 Å². The average Bonchev–Trinajstić information content (AvgIpc) is 2.67. The Morgan fingerprint density at radius 3 is 2.69 bits per heavy atom. The van der Waals surface area contributed by atoms with Gasteiger partial charge in [-0.1, -0.05) is 18.2 Å². The summed E-state index contributed by atoms with van der Waals surface area (Å²) in [4.78, 5) is 26.1. The first-order valence-corrected chi connectivity index (χ1v) is 8.99. The summed E-state index contributed by atoms with van der Waals surface area (Å²) in [6, 6.07) is 15.2. The lowest BCUT2D eigenvalue weighted by atomic mass is 10.1. The van der Waals surface area contributed by atoms with E-state index >= 15 is 0 Å². The fourth-order valence-corrected chi connectivity index (χ4v) is 3.10. The number of hydrogen-bond donors (Lipinski definition) is 1. The minimum atomic E-state index is -0.0389. The van der Waals surface area contributed by atoms with E-state index < -0.39 is 0 Å². The van der Waals surface area contributed by atoms with Crippen molar-refractivity contribution >= 4 is 23.2 Å². The minimum absolute atomic E-state index is 0.0389. The third-order valence-electron chi connectivity index (χ3n) is 4.56. The Bertz CT molecular complexity index is 771. The highest BCUT2D eigenvalue weighted by Crippen LogP contribution is 2.24. The third kappa shape index (κ3) is 4.63. The van der Waals surface area contributed by atoms with Crippen LogP contribution < -0.4 is 15.0 Å². The van der Waals surface area contributed by atoms with Crippen LogP contribution in [0, 0.1) is 0 Å². The van der Waals surface area contributed by atoms with Crippen molar-refractivity contribution in [2.45, 2.75) is 32.1 Å². The lowest BCUT2D eigenvalue weighted by molar-refractivity contribution is -0.119. The van der Waals surface area contributed by atoms with Crippen molar-refractivity contribution in [3.05, 3.63) is 54.1 Å². The lowest BCUT2D eigenvalue weighted by Crippen LogP contribution is -2.35. The van der Waals surface area contributed by atoms with Gasteiger partial charge in [-0.25, -0.2) is 0 Å². The van der Waals surface area contributed by atoms with Gasteiger partial charge in [0.05, 0.1) is 7.11 Å². The number of methoxy groups -OCH3 is 1. The maximum absolute atomic E-state index is 12.2. The summed E-state index contributed by atoms with van der Waals surface area (Å²) in [6.07, 6.45) is 3.64. The molecule has 0 bridgehead atoms. The van der Waals surface area contributed by atoms with E-state index in [2.05, 4.69) is 5.32 Å². The first-order chi connectivity index (χ1) is 12.7. The Morgan fingerprint density at radius 1 is 1.15 bits per heavy atom. The van der Waals surface area contributed by atoms with E-state index in [4.69, 9.17) is 4.74 Å². The first kappa shape index (κ1) is 18.0. The Balaban J connectivity index is 1.56. The van der Waals surface area contributed by atoms with Crippen LogP contribution in [-0.4, -0.2) is 25.5 Å². The molecule has 0 spiro atoms. The molecule has 1 saturated heterocycles. The topological polar surface area (TPSA) is 58.6 Å². The molecule has 5 nitrogen and oxygen atoms in total. The molecule has 0 aliphatic carbocycles. The SMILES string of the molecule is COc1ccc(CCC(=O)Nc2cccc(N3CCCCC3=O)c2)cc1. The highest BCUT2D eigenvalue weighted by atomic mass is 16.5. The van der Waals surface area contributed by atoms with Crippen molar-refractivity contribution < 1.29 is 14.3 Å². The van der Waals surface area contributed by atoms with Gasteiger partial charge in [0.2, 0.25) is 11.8 Å². The molecule has 0 atom stereocenters. The van der Waals surface area contributed by atoms with Crippen molar-refractivity contribution in [1.29, 1.82) is 0 Å². The maximum Gasteiger partial charge on any atom is 0.226 e. The Kier molecular flexibility index (Phi) is 5.89. The van der Waals surface area contributed by atoms with Gasteiger partial charge in [-0.2, -0.15) is 0 Å². The minimum Gasteiger partial charge on any atom is -0.497 e. The van der Waals surface area contributed by atoms with E-state index in [1.807, 2.05) is 48.5 Å². The molecule has 1 aliphatic heterocycles. The summed E-state index contributed by atoms with van der Waals surface area (Å²) in [6.45, 7) is 0.744. The Hall–Kier alpha value is -2.82. The van der Waals surface area contributed by atoms with Crippen LogP contribution in [0.5, 0.6) is 5.75 Å². The second kappa shape index (κ2) is 8.52. The number of carbonyl (C=O) groups excluding carboxylic acids is 2. The van der Waals surface area contributed by atoms with Gasteiger partial charge >= 0.3 is 0 Å². The number of benzene rings is 2. The number of amides is 2. The number of carbonyl (C=O) groups is 2. The summed E-state index contributed by atoms with van der Waals surface area (Å²) < 4.78 is 5.14. The molecule has 0 radical (unpaired) electrons. The van der Waals surface area contributed by atoms with Crippen LogP contribution in [0.3, 0.4) is 0 Å². The highest BCUT2D eigenvalue weighted by Gasteiger charge is 2.19. The molecule has 136 valence electrons. The lowest BCUT2D eigenvalue weighted by Gasteiger charge is -2.27. The molecule has 5 heteroatoms. The maximum atomic E-state index is 12.2. The smallest absolute Gasteiger partial charge is 0.226 e. The monoisotopic (exact) mass is 352 g/mol. The van der Waals surface area contributed by atoms with Crippen LogP contribution in [0.2, 0.25) is 0 Å². The normalized spacial score (nSPS) is 14.2. The van der Waals surface area contributed by atoms with Crippen molar-refractivity contribution in [3.63, 3.8) is 0 Å². The van der Waals surface area contributed by atoms with Gasteiger partial charge in [0.25, 0.3) is 0 Å². The van der Waals surface area contributed by atoms with Crippen LogP contribution in [0.1, 0.15) is 31.2 Å². The fourth-order valence-electron chi connectivity index (χ4n) is 3.10. The largest absolute Gasteiger partial charge is 0.497 e. The number of piperidine rings is 1. The molecule has 1 heterocycles. The zero-order valence-electron chi connectivity index (χ0n) is 15.0. The van der Waals surface area contributed by atoms with Crippen molar-refractivity contribution in [3.8, 4) is 5.75 Å². The predicted octanol–water partition coefficient (Wildman–Crippen LogP) is 3.78. The van der Waals surface area contributed by atoms with Gasteiger partial charge in [0, 0.05) is 30.8 Å². The molecule has 0 saturated carbocycles. The van der Waals surface area contributed by atoms with E-state index in [1.54, 1.807) is 12.0 Å². The molecular weight excluding hydrogens is 328 g/mol. The molecule has 0 unspecified atom stereocenters. The second-order valence-electron chi connectivity index (χ2n) is 6.45. The number of aryl methyl sites for hydroxylation is 1. The third-order valence-corrected chi connectivity index (χ3v) is 4.56. The number of anilines is 2. The molecule has 2 amide bonds. The quantitative estimate of drug-likeness (QED) is 0.861. The second-order valence-corrected chi connectivity index (χ2v) is 6.45. The molecule has 0 aromatic heterocycles. The summed E-state index contributed by atoms with van der Waals surface area (Å²) in [5.41, 5.74) is 2.66. The zero-order valence-corrected chi connectivity index (χ0v) is 15.0.